The number of aromatic nitrogens is 2. The fraction of sp³-hybridized carbons (Fsp3) is 0.370. The Labute approximate surface area is 372 Å². The van der Waals surface area contributed by atoms with Crippen molar-refractivity contribution in [2.45, 2.75) is 57.0 Å². The molecule has 4 aliphatic heterocycles. The van der Waals surface area contributed by atoms with E-state index in [1.54, 1.807) is 18.3 Å². The number of imide groups is 1. The Balaban J connectivity index is 0.720. The van der Waals surface area contributed by atoms with Gasteiger partial charge in [0.15, 0.2) is 5.82 Å². The number of fused-ring (bicyclic) bond motifs is 2. The lowest BCUT2D eigenvalue weighted by Crippen LogP contribution is -2.52. The molecule has 1 saturated carbocycles. The number of amides is 3. The number of pyridine rings is 1. The molecule has 65 heavy (non-hydrogen) atoms. The minimum atomic E-state index is -4.36. The number of piperidine rings is 1. The average molecular weight is 911 g/mol. The Bertz CT molecular complexity index is 2850. The van der Waals surface area contributed by atoms with E-state index in [1.807, 2.05) is 41.1 Å². The van der Waals surface area contributed by atoms with Crippen molar-refractivity contribution in [2.24, 2.45) is 5.92 Å². The minimum absolute atomic E-state index is 0.00148. The summed E-state index contributed by atoms with van der Waals surface area (Å²) in [5, 5.41) is 2.66. The molecule has 2 aromatic heterocycles. The number of piperazine rings is 1. The van der Waals surface area contributed by atoms with E-state index < -0.39 is 57.0 Å². The van der Waals surface area contributed by atoms with Gasteiger partial charge < -0.3 is 19.5 Å². The fourth-order valence-electron chi connectivity index (χ4n) is 9.59. The summed E-state index contributed by atoms with van der Waals surface area (Å²) in [5.74, 6) is -3.29. The molecule has 0 spiro atoms. The topological polar surface area (TPSA) is 177 Å². The summed E-state index contributed by atoms with van der Waals surface area (Å²) >= 11 is 0. The molecule has 5 aromatic rings. The number of hydrogen-bond acceptors (Lipinski definition) is 10. The highest BCUT2D eigenvalue weighted by molar-refractivity contribution is 7.90. The Kier molecular flexibility index (Phi) is 11.1. The monoisotopic (exact) mass is 910 g/mol. The number of aromatic amines is 1. The number of H-pyrrole nitrogens is 1. The lowest BCUT2D eigenvalue weighted by atomic mass is 9.81. The van der Waals surface area contributed by atoms with E-state index in [2.05, 4.69) is 25.1 Å². The summed E-state index contributed by atoms with van der Waals surface area (Å²) in [4.78, 5) is 64.5. The van der Waals surface area contributed by atoms with Gasteiger partial charge in [0.1, 0.15) is 29.4 Å². The first kappa shape index (κ1) is 42.6. The minimum Gasteiger partial charge on any atom is -0.490 e. The quantitative estimate of drug-likeness (QED) is 0.112. The van der Waals surface area contributed by atoms with Crippen molar-refractivity contribution >= 4 is 56.1 Å². The van der Waals surface area contributed by atoms with Crippen LogP contribution in [0.2, 0.25) is 0 Å². The SMILES string of the molecule is O=C1CCC(N2Cc3cc(OC4CC(CN5CCN(c6ccc(-c7cnc8[nH]cc(C(=O)c9c(F)ccc(NS(=O)(=O)N%10CC[C@@H](F)C%10)c9F)c8c7)cc6)CC5)C4)ccc3C2=O)C(=O)N1. The van der Waals surface area contributed by atoms with Crippen LogP contribution in [-0.4, -0.2) is 120 Å². The van der Waals surface area contributed by atoms with Gasteiger partial charge in [0.05, 0.1) is 17.4 Å². The number of benzene rings is 3. The van der Waals surface area contributed by atoms with E-state index in [-0.39, 0.29) is 49.4 Å². The van der Waals surface area contributed by atoms with Crippen LogP contribution in [0.3, 0.4) is 0 Å². The molecule has 0 bridgehead atoms. The highest BCUT2D eigenvalue weighted by Crippen LogP contribution is 2.36. The van der Waals surface area contributed by atoms with E-state index in [9.17, 15) is 32.0 Å². The summed E-state index contributed by atoms with van der Waals surface area (Å²) in [6, 6.07) is 16.2. The summed E-state index contributed by atoms with van der Waals surface area (Å²) < 4.78 is 79.3. The van der Waals surface area contributed by atoms with Gasteiger partial charge in [-0.25, -0.2) is 18.2 Å². The van der Waals surface area contributed by atoms with Crippen LogP contribution in [0.1, 0.15) is 63.9 Å². The van der Waals surface area contributed by atoms with Crippen molar-refractivity contribution in [2.75, 3.05) is 55.4 Å². The van der Waals surface area contributed by atoms with Crippen LogP contribution in [-0.2, 0) is 26.3 Å². The van der Waals surface area contributed by atoms with E-state index in [0.717, 1.165) is 78.8 Å². The third-order valence-electron chi connectivity index (χ3n) is 13.2. The average Bonchev–Trinajstić information content (AvgIpc) is 4.01. The van der Waals surface area contributed by atoms with E-state index in [4.69, 9.17) is 4.74 Å². The second-order valence-corrected chi connectivity index (χ2v) is 19.1. The molecule has 5 aliphatic rings. The van der Waals surface area contributed by atoms with E-state index in [0.29, 0.717) is 46.8 Å². The molecule has 1 unspecified atom stereocenters. The van der Waals surface area contributed by atoms with Crippen molar-refractivity contribution in [3.05, 3.63) is 107 Å². The summed E-state index contributed by atoms with van der Waals surface area (Å²) in [7, 11) is -4.36. The molecule has 2 atom stereocenters. The molecular formula is C46H45F3N8O7S. The van der Waals surface area contributed by atoms with Gasteiger partial charge in [0.25, 0.3) is 5.91 Å². The molecule has 0 radical (unpaired) electrons. The molecule has 15 nitrogen and oxygen atoms in total. The van der Waals surface area contributed by atoms with Crippen LogP contribution in [0.15, 0.2) is 73.1 Å². The summed E-state index contributed by atoms with van der Waals surface area (Å²) in [5.41, 5.74) is 2.63. The first-order valence-corrected chi connectivity index (χ1v) is 23.2. The van der Waals surface area contributed by atoms with Crippen LogP contribution in [0.5, 0.6) is 5.75 Å². The van der Waals surface area contributed by atoms with Crippen LogP contribution in [0.4, 0.5) is 24.5 Å². The molecule has 3 N–H and O–H groups in total. The number of carbonyl (C=O) groups is 4. The Hall–Kier alpha value is -6.31. The number of alkyl halides is 1. The summed E-state index contributed by atoms with van der Waals surface area (Å²) in [6.45, 7) is 4.32. The highest BCUT2D eigenvalue weighted by atomic mass is 32.2. The molecule has 3 aromatic carbocycles. The molecule has 6 heterocycles. The third-order valence-corrected chi connectivity index (χ3v) is 14.7. The van der Waals surface area contributed by atoms with Gasteiger partial charge in [-0.05, 0) is 91.3 Å². The lowest BCUT2D eigenvalue weighted by Gasteiger charge is -2.42. The predicted octanol–water partition coefficient (Wildman–Crippen LogP) is 5.18. The predicted molar refractivity (Wildman–Crippen MR) is 233 cm³/mol. The zero-order chi connectivity index (χ0) is 45.1. The summed E-state index contributed by atoms with van der Waals surface area (Å²) in [6.07, 6.45) is 4.10. The van der Waals surface area contributed by atoms with Gasteiger partial charge in [0, 0.05) is 98.9 Å². The maximum absolute atomic E-state index is 15.7. The number of ether oxygens (including phenoxy) is 1. The Morgan fingerprint density at radius 3 is 2.45 bits per heavy atom. The number of halogens is 3. The number of rotatable bonds is 12. The lowest BCUT2D eigenvalue weighted by molar-refractivity contribution is -0.136. The van der Waals surface area contributed by atoms with Gasteiger partial charge in [-0.15, -0.1) is 0 Å². The van der Waals surface area contributed by atoms with Gasteiger partial charge in [-0.2, -0.15) is 12.7 Å². The van der Waals surface area contributed by atoms with Crippen molar-refractivity contribution in [3.8, 4) is 16.9 Å². The maximum Gasteiger partial charge on any atom is 0.301 e. The van der Waals surface area contributed by atoms with Crippen molar-refractivity contribution in [3.63, 3.8) is 0 Å². The zero-order valence-electron chi connectivity index (χ0n) is 35.1. The first-order chi connectivity index (χ1) is 31.3. The largest absolute Gasteiger partial charge is 0.490 e. The van der Waals surface area contributed by atoms with Crippen molar-refractivity contribution < 1.29 is 45.5 Å². The van der Waals surface area contributed by atoms with E-state index >= 15 is 8.78 Å². The fourth-order valence-corrected chi connectivity index (χ4v) is 10.9. The first-order valence-electron chi connectivity index (χ1n) is 21.7. The molecule has 338 valence electrons. The Morgan fingerprint density at radius 1 is 0.923 bits per heavy atom. The second-order valence-electron chi connectivity index (χ2n) is 17.4. The normalized spacial score (nSPS) is 22.8. The van der Waals surface area contributed by atoms with Gasteiger partial charge >= 0.3 is 10.2 Å². The van der Waals surface area contributed by atoms with Crippen LogP contribution < -0.4 is 19.7 Å². The number of carbonyl (C=O) groups excluding carboxylic acids is 4. The van der Waals surface area contributed by atoms with Crippen LogP contribution in [0.25, 0.3) is 22.2 Å². The van der Waals surface area contributed by atoms with Gasteiger partial charge in [-0.1, -0.05) is 12.1 Å². The number of anilines is 2. The number of nitrogens with zero attached hydrogens (tertiary/aromatic N) is 5. The maximum atomic E-state index is 15.7. The zero-order valence-corrected chi connectivity index (χ0v) is 35.9. The standard InChI is InChI=1S/C46H45F3N8O7S/c47-30-11-12-56(25-30)65(62,63)53-38-8-7-37(48)41(42(38)49)43(59)36-22-51-44-35(36)20-28(21-50-44)27-1-3-31(4-2-27)55-15-13-54(14-16-55)23-26-17-33(18-26)64-32-5-6-34-29(19-32)24-57(46(34)61)39-9-10-40(58)52-45(39)60/h1-8,19-22,26,30,33,39,53H,9-18,23-25H2,(H,50,51)(H,52,58,60)/t26?,30-,33?,39?/m1/s1. The highest BCUT2D eigenvalue weighted by Gasteiger charge is 2.40. The number of ketones is 1. The molecule has 3 amide bonds. The third kappa shape index (κ3) is 8.31. The van der Waals surface area contributed by atoms with Crippen molar-refractivity contribution in [1.82, 2.24) is 29.4 Å². The Morgan fingerprint density at radius 2 is 1.71 bits per heavy atom. The molecule has 3 saturated heterocycles. The molecule has 19 heteroatoms. The second kappa shape index (κ2) is 16.9. The van der Waals surface area contributed by atoms with Gasteiger partial charge in [0.2, 0.25) is 17.6 Å². The smallest absolute Gasteiger partial charge is 0.301 e. The molecule has 4 fully saturated rings. The molecule has 1 aliphatic carbocycles. The number of nitrogens with one attached hydrogen (secondary N) is 3. The molecule has 10 rings (SSSR count). The number of hydrogen-bond donors (Lipinski definition) is 3. The van der Waals surface area contributed by atoms with Crippen LogP contribution in [0, 0.1) is 17.6 Å². The van der Waals surface area contributed by atoms with E-state index in [1.165, 1.54) is 11.1 Å². The van der Waals surface area contributed by atoms with Crippen molar-refractivity contribution in [1.29, 1.82) is 0 Å². The molecular weight excluding hydrogens is 866 g/mol. The van der Waals surface area contributed by atoms with Gasteiger partial charge in [-0.3, -0.25) is 34.1 Å². The van der Waals surface area contributed by atoms with Crippen LogP contribution >= 0.6 is 0 Å².